The van der Waals surface area contributed by atoms with Crippen LogP contribution in [0.5, 0.6) is 5.75 Å². The molecular formula is C23H24F3N3O3. The van der Waals surface area contributed by atoms with Crippen LogP contribution >= 0.6 is 0 Å². The van der Waals surface area contributed by atoms with E-state index >= 15 is 0 Å². The monoisotopic (exact) mass is 447 g/mol. The first kappa shape index (κ1) is 23.4. The molecule has 2 heterocycles. The third kappa shape index (κ3) is 6.14. The Morgan fingerprint density at radius 3 is 2.66 bits per heavy atom. The quantitative estimate of drug-likeness (QED) is 0.490. The highest BCUT2D eigenvalue weighted by Gasteiger charge is 2.28. The maximum absolute atomic E-state index is 12.6. The van der Waals surface area contributed by atoms with Crippen molar-refractivity contribution in [1.29, 1.82) is 5.26 Å². The number of aryl methyl sites for hydroxylation is 1. The van der Waals surface area contributed by atoms with Gasteiger partial charge in [-0.25, -0.2) is 0 Å². The molecule has 6 nitrogen and oxygen atoms in total. The number of hydrogen-bond donors (Lipinski definition) is 1. The summed E-state index contributed by atoms with van der Waals surface area (Å²) in [6, 6.07) is 9.28. The maximum Gasteiger partial charge on any atom is 0.422 e. The van der Waals surface area contributed by atoms with Crippen LogP contribution in [0.4, 0.5) is 18.9 Å². The van der Waals surface area contributed by atoms with E-state index in [-0.39, 0.29) is 17.4 Å². The lowest BCUT2D eigenvalue weighted by molar-refractivity contribution is -0.153. The highest BCUT2D eigenvalue weighted by Crippen LogP contribution is 2.23. The fourth-order valence-corrected chi connectivity index (χ4v) is 3.55. The van der Waals surface area contributed by atoms with E-state index in [1.54, 1.807) is 0 Å². The van der Waals surface area contributed by atoms with Gasteiger partial charge in [0.05, 0.1) is 6.10 Å². The molecule has 0 saturated carbocycles. The number of anilines is 1. The standard InChI is InChI=1S/C23H24F3N3O3/c1-15-10-17(16(2)29(15)13-21-4-3-9-31-21)11-18(12-27)22(30)28-19-5-7-20(8-6-19)32-14-23(24,25)26/h5-8,10-11,21H,3-4,9,13-14H2,1-2H3,(H,28,30)/b18-11+. The number of amides is 1. The van der Waals surface area contributed by atoms with Crippen molar-refractivity contribution in [2.24, 2.45) is 0 Å². The Bertz CT molecular complexity index is 1030. The van der Waals surface area contributed by atoms with Crippen LogP contribution in [-0.4, -0.2) is 36.0 Å². The smallest absolute Gasteiger partial charge is 0.422 e. The molecule has 0 radical (unpaired) electrons. The first-order valence-electron chi connectivity index (χ1n) is 10.2. The summed E-state index contributed by atoms with van der Waals surface area (Å²) in [5.41, 5.74) is 2.96. The summed E-state index contributed by atoms with van der Waals surface area (Å²) < 4.78 is 49.2. The number of nitriles is 1. The number of hydrogen-bond acceptors (Lipinski definition) is 4. The van der Waals surface area contributed by atoms with Gasteiger partial charge in [0, 0.05) is 30.2 Å². The molecule has 1 aromatic heterocycles. The number of nitrogens with one attached hydrogen (secondary N) is 1. The Morgan fingerprint density at radius 1 is 1.34 bits per heavy atom. The lowest BCUT2D eigenvalue weighted by atomic mass is 10.1. The van der Waals surface area contributed by atoms with Gasteiger partial charge in [0.25, 0.3) is 5.91 Å². The van der Waals surface area contributed by atoms with Gasteiger partial charge in [0.15, 0.2) is 6.61 Å². The summed E-state index contributed by atoms with van der Waals surface area (Å²) in [5.74, 6) is -0.588. The molecule has 32 heavy (non-hydrogen) atoms. The van der Waals surface area contributed by atoms with E-state index < -0.39 is 18.7 Å². The SMILES string of the molecule is Cc1cc(/C=C(\C#N)C(=O)Nc2ccc(OCC(F)(F)F)cc2)c(C)n1CC1CCCO1. The molecule has 1 aliphatic heterocycles. The predicted octanol–water partition coefficient (Wildman–Crippen LogP) is 4.77. The Kier molecular flexibility index (Phi) is 7.26. The minimum absolute atomic E-state index is 0.0232. The average molecular weight is 447 g/mol. The van der Waals surface area contributed by atoms with Crippen molar-refractivity contribution in [3.63, 3.8) is 0 Å². The zero-order valence-corrected chi connectivity index (χ0v) is 17.8. The Morgan fingerprint density at radius 2 is 2.06 bits per heavy atom. The molecule has 1 aliphatic rings. The van der Waals surface area contributed by atoms with E-state index in [0.29, 0.717) is 5.69 Å². The number of ether oxygens (including phenoxy) is 2. The van der Waals surface area contributed by atoms with Gasteiger partial charge in [-0.15, -0.1) is 0 Å². The third-order valence-corrected chi connectivity index (χ3v) is 5.20. The number of aromatic nitrogens is 1. The molecule has 1 amide bonds. The molecule has 1 atom stereocenters. The molecule has 0 bridgehead atoms. The first-order chi connectivity index (χ1) is 15.2. The molecule has 1 aromatic carbocycles. The summed E-state index contributed by atoms with van der Waals surface area (Å²) in [6.45, 7) is 3.99. The van der Waals surface area contributed by atoms with Gasteiger partial charge in [0.1, 0.15) is 17.4 Å². The second-order valence-corrected chi connectivity index (χ2v) is 7.62. The van der Waals surface area contributed by atoms with Crippen LogP contribution in [0.1, 0.15) is 29.8 Å². The molecule has 0 aliphatic carbocycles. The summed E-state index contributed by atoms with van der Waals surface area (Å²) >= 11 is 0. The molecule has 1 fully saturated rings. The zero-order chi connectivity index (χ0) is 23.3. The van der Waals surface area contributed by atoms with E-state index in [9.17, 15) is 23.2 Å². The highest BCUT2D eigenvalue weighted by atomic mass is 19.4. The lowest BCUT2D eigenvalue weighted by Crippen LogP contribution is -2.19. The molecule has 0 spiro atoms. The molecule has 3 rings (SSSR count). The Hall–Kier alpha value is -3.25. The summed E-state index contributed by atoms with van der Waals surface area (Å²) in [5, 5.41) is 12.1. The number of halogens is 3. The van der Waals surface area contributed by atoms with Crippen LogP contribution in [0.2, 0.25) is 0 Å². The van der Waals surface area contributed by atoms with E-state index in [2.05, 4.69) is 14.6 Å². The third-order valence-electron chi connectivity index (χ3n) is 5.20. The molecular weight excluding hydrogens is 423 g/mol. The highest BCUT2D eigenvalue weighted by molar-refractivity contribution is 6.09. The van der Waals surface area contributed by atoms with Crippen LogP contribution in [0, 0.1) is 25.2 Å². The topological polar surface area (TPSA) is 76.3 Å². The van der Waals surface area contributed by atoms with Crippen molar-refractivity contribution in [1.82, 2.24) is 4.57 Å². The lowest BCUT2D eigenvalue weighted by Gasteiger charge is -2.14. The van der Waals surface area contributed by atoms with Crippen molar-refractivity contribution < 1.29 is 27.4 Å². The Labute approximate surface area is 184 Å². The van der Waals surface area contributed by atoms with Gasteiger partial charge < -0.3 is 19.4 Å². The van der Waals surface area contributed by atoms with Gasteiger partial charge in [-0.2, -0.15) is 18.4 Å². The van der Waals surface area contributed by atoms with Crippen LogP contribution in [-0.2, 0) is 16.1 Å². The van der Waals surface area contributed by atoms with Gasteiger partial charge in [-0.05, 0) is 68.7 Å². The molecule has 9 heteroatoms. The van der Waals surface area contributed by atoms with Crippen molar-refractivity contribution in [3.05, 3.63) is 52.9 Å². The second kappa shape index (κ2) is 9.92. The molecule has 1 saturated heterocycles. The normalized spacial score (nSPS) is 16.6. The van der Waals surface area contributed by atoms with Gasteiger partial charge in [-0.3, -0.25) is 4.79 Å². The van der Waals surface area contributed by atoms with Crippen molar-refractivity contribution >= 4 is 17.7 Å². The zero-order valence-electron chi connectivity index (χ0n) is 17.8. The second-order valence-electron chi connectivity index (χ2n) is 7.62. The van der Waals surface area contributed by atoms with Gasteiger partial charge in [-0.1, -0.05) is 0 Å². The number of alkyl halides is 3. The van der Waals surface area contributed by atoms with E-state index in [0.717, 1.165) is 42.9 Å². The molecule has 1 N–H and O–H groups in total. The number of rotatable bonds is 7. The van der Waals surface area contributed by atoms with Crippen molar-refractivity contribution in [2.45, 2.75) is 45.5 Å². The fraction of sp³-hybridized carbons (Fsp3) is 0.391. The van der Waals surface area contributed by atoms with Gasteiger partial charge >= 0.3 is 6.18 Å². The van der Waals surface area contributed by atoms with E-state index in [1.807, 2.05) is 26.0 Å². The minimum Gasteiger partial charge on any atom is -0.484 e. The van der Waals surface area contributed by atoms with E-state index in [1.165, 1.54) is 30.3 Å². The molecule has 170 valence electrons. The predicted molar refractivity (Wildman–Crippen MR) is 113 cm³/mol. The van der Waals surface area contributed by atoms with Crippen LogP contribution in [0.25, 0.3) is 6.08 Å². The minimum atomic E-state index is -4.43. The molecule has 2 aromatic rings. The van der Waals surface area contributed by atoms with Crippen LogP contribution in [0.3, 0.4) is 0 Å². The number of carbonyl (C=O) groups is 1. The Balaban J connectivity index is 1.69. The largest absolute Gasteiger partial charge is 0.484 e. The average Bonchev–Trinajstić information content (AvgIpc) is 3.35. The number of carbonyl (C=O) groups excluding carboxylic acids is 1. The van der Waals surface area contributed by atoms with Crippen molar-refractivity contribution in [2.75, 3.05) is 18.5 Å². The van der Waals surface area contributed by atoms with Gasteiger partial charge in [0.2, 0.25) is 0 Å². The fourth-order valence-electron chi connectivity index (χ4n) is 3.55. The van der Waals surface area contributed by atoms with Crippen LogP contribution in [0.15, 0.2) is 35.9 Å². The molecule has 1 unspecified atom stereocenters. The number of nitrogens with zero attached hydrogens (tertiary/aromatic N) is 2. The van der Waals surface area contributed by atoms with E-state index in [4.69, 9.17) is 4.74 Å². The first-order valence-corrected chi connectivity index (χ1v) is 10.2. The number of benzene rings is 1. The summed E-state index contributed by atoms with van der Waals surface area (Å²) in [7, 11) is 0. The van der Waals surface area contributed by atoms with Crippen molar-refractivity contribution in [3.8, 4) is 11.8 Å². The maximum atomic E-state index is 12.6. The van der Waals surface area contributed by atoms with Crippen LogP contribution < -0.4 is 10.1 Å². The summed E-state index contributed by atoms with van der Waals surface area (Å²) in [6.07, 6.45) is -0.679. The summed E-state index contributed by atoms with van der Waals surface area (Å²) in [4.78, 5) is 12.6.